The van der Waals surface area contributed by atoms with Gasteiger partial charge in [-0.1, -0.05) is 53.1 Å². The molecule has 3 atom stereocenters. The molecule has 252 valence electrons. The summed E-state index contributed by atoms with van der Waals surface area (Å²) in [7, 11) is -8.02. The van der Waals surface area contributed by atoms with Crippen LogP contribution in [0.2, 0.25) is 41.3 Å². The minimum atomic E-state index is -3.87. The third-order valence-electron chi connectivity index (χ3n) is 9.75. The number of ether oxygens (including phenoxy) is 1. The molecule has 1 saturated heterocycles. The van der Waals surface area contributed by atoms with E-state index in [0.29, 0.717) is 42.6 Å². The molecule has 2 aliphatic rings. The molecule has 44 heavy (non-hydrogen) atoms. The van der Waals surface area contributed by atoms with Crippen LogP contribution in [0.5, 0.6) is 5.75 Å². The van der Waals surface area contributed by atoms with E-state index in [1.807, 2.05) is 0 Å². The summed E-state index contributed by atoms with van der Waals surface area (Å²) in [4.78, 5) is 17.8. The lowest BCUT2D eigenvalue weighted by Crippen LogP contribution is -2.61. The van der Waals surface area contributed by atoms with Gasteiger partial charge in [-0.15, -0.1) is 0 Å². The first-order valence-electron chi connectivity index (χ1n) is 15.4. The molecule has 1 amide bonds. The maximum Gasteiger partial charge on any atom is 0.264 e. The molecule has 2 aliphatic heterocycles. The number of piperazine rings is 1. The zero-order chi connectivity index (χ0) is 33.7. The number of benzene rings is 1. The highest BCUT2D eigenvalue weighted by molar-refractivity contribution is 7.86. The Kier molecular flexibility index (Phi) is 11.0. The van der Waals surface area contributed by atoms with Crippen LogP contribution in [0.15, 0.2) is 18.2 Å². The highest BCUT2D eigenvalue weighted by Gasteiger charge is 2.51. The largest absolute Gasteiger partial charge is 0.485 e. The van der Waals surface area contributed by atoms with Crippen LogP contribution in [0, 0.1) is 0 Å². The van der Waals surface area contributed by atoms with Crippen molar-refractivity contribution in [1.82, 2.24) is 9.80 Å². The second-order valence-corrected chi connectivity index (χ2v) is 27.5. The van der Waals surface area contributed by atoms with Crippen LogP contribution >= 0.6 is 11.6 Å². The van der Waals surface area contributed by atoms with Gasteiger partial charge in [0.1, 0.15) is 17.5 Å². The van der Waals surface area contributed by atoms with Gasteiger partial charge in [-0.2, -0.15) is 8.42 Å². The standard InChI is InChI=1S/C31H55ClN2O7SSi2/c1-29(2,3)43(10,11)38-21-23(41-44(12,13)30(4,5)6)19-33-16-17-34(26(35)20-33)27-24-18-22(32)14-15-25(24)39-31(7,8)28(27)40-42(9,36)37/h14-15,18,23,27-28H,16-17,19-21H2,1-13H3/t23?,27-,28+/m1/s1. The van der Waals surface area contributed by atoms with E-state index in [9.17, 15) is 13.2 Å². The molecule has 0 N–H and O–H groups in total. The fourth-order valence-electron chi connectivity index (χ4n) is 5.12. The average molecular weight is 691 g/mol. The summed E-state index contributed by atoms with van der Waals surface area (Å²) in [6.07, 6.45) is -0.138. The first-order valence-corrected chi connectivity index (χ1v) is 23.5. The molecule has 1 aromatic rings. The number of carbonyl (C=O) groups is 1. The molecule has 0 spiro atoms. The lowest BCUT2D eigenvalue weighted by molar-refractivity contribution is -0.148. The van der Waals surface area contributed by atoms with E-state index in [0.717, 1.165) is 6.26 Å². The maximum atomic E-state index is 13.9. The smallest absolute Gasteiger partial charge is 0.264 e. The van der Waals surface area contributed by atoms with Crippen molar-refractivity contribution in [2.75, 3.05) is 39.0 Å². The van der Waals surface area contributed by atoms with Crippen molar-refractivity contribution in [3.8, 4) is 5.75 Å². The van der Waals surface area contributed by atoms with Crippen LogP contribution < -0.4 is 4.74 Å². The third kappa shape index (κ3) is 8.87. The van der Waals surface area contributed by atoms with Crippen LogP contribution in [-0.4, -0.2) is 97.6 Å². The number of rotatable bonds is 10. The Labute approximate surface area is 273 Å². The van der Waals surface area contributed by atoms with Crippen LogP contribution in [0.3, 0.4) is 0 Å². The molecule has 0 radical (unpaired) electrons. The molecule has 1 fully saturated rings. The quantitative estimate of drug-likeness (QED) is 0.204. The van der Waals surface area contributed by atoms with Gasteiger partial charge in [-0.05, 0) is 68.3 Å². The number of nitrogens with zero attached hydrogens (tertiary/aromatic N) is 2. The SMILES string of the molecule is CC1(C)Oc2ccc(Cl)cc2[C@@H](N2CCN(CC(CO[Si](C)(C)C(C)(C)C)O[Si](C)(C)C(C)(C)C)CC2=O)[C@@H]1OS(C)(=O)=O. The lowest BCUT2D eigenvalue weighted by Gasteiger charge is -2.49. The van der Waals surface area contributed by atoms with Crippen LogP contribution in [-0.2, 0) is 27.9 Å². The second kappa shape index (κ2) is 12.9. The van der Waals surface area contributed by atoms with Gasteiger partial charge in [0.25, 0.3) is 10.1 Å². The Morgan fingerprint density at radius 1 is 1.05 bits per heavy atom. The summed E-state index contributed by atoms with van der Waals surface area (Å²) < 4.78 is 50.2. The van der Waals surface area contributed by atoms with Crippen LogP contribution in [0.4, 0.5) is 0 Å². The first-order chi connectivity index (χ1) is 19.7. The summed E-state index contributed by atoms with van der Waals surface area (Å²) in [5.41, 5.74) is -0.399. The number of hydrogen-bond acceptors (Lipinski definition) is 8. The highest BCUT2D eigenvalue weighted by atomic mass is 35.5. The summed E-state index contributed by atoms with van der Waals surface area (Å²) in [6.45, 7) is 28.0. The van der Waals surface area contributed by atoms with E-state index in [1.165, 1.54) is 0 Å². The van der Waals surface area contributed by atoms with Gasteiger partial charge in [0.15, 0.2) is 16.6 Å². The van der Waals surface area contributed by atoms with Gasteiger partial charge < -0.3 is 18.5 Å². The molecule has 0 saturated carbocycles. The van der Waals surface area contributed by atoms with E-state index in [2.05, 4.69) is 72.6 Å². The molecule has 0 bridgehead atoms. The number of halogens is 1. The van der Waals surface area contributed by atoms with Crippen molar-refractivity contribution in [3.05, 3.63) is 28.8 Å². The van der Waals surface area contributed by atoms with Crippen molar-refractivity contribution < 1.29 is 31.0 Å². The molecule has 1 unspecified atom stereocenters. The Morgan fingerprint density at radius 3 is 2.16 bits per heavy atom. The van der Waals surface area contributed by atoms with Crippen LogP contribution in [0.25, 0.3) is 0 Å². The Balaban J connectivity index is 1.88. The minimum Gasteiger partial charge on any atom is -0.485 e. The summed E-state index contributed by atoms with van der Waals surface area (Å²) >= 11 is 6.38. The summed E-state index contributed by atoms with van der Waals surface area (Å²) in [6, 6.07) is 4.52. The van der Waals surface area contributed by atoms with E-state index in [1.54, 1.807) is 36.9 Å². The number of amides is 1. The zero-order valence-electron chi connectivity index (χ0n) is 29.0. The number of fused-ring (bicyclic) bond motifs is 1. The second-order valence-electron chi connectivity index (χ2n) is 15.9. The molecule has 0 aliphatic carbocycles. The molecule has 1 aromatic carbocycles. The van der Waals surface area contributed by atoms with Crippen molar-refractivity contribution in [1.29, 1.82) is 0 Å². The molecular weight excluding hydrogens is 636 g/mol. The third-order valence-corrected chi connectivity index (χ3v) is 19.6. The molecule has 9 nitrogen and oxygen atoms in total. The lowest BCUT2D eigenvalue weighted by atomic mass is 9.85. The Hall–Kier alpha value is -0.996. The summed E-state index contributed by atoms with van der Waals surface area (Å²) in [5, 5.41) is 0.557. The molecule has 3 rings (SSSR count). The maximum absolute atomic E-state index is 13.9. The predicted octanol–water partition coefficient (Wildman–Crippen LogP) is 6.45. The zero-order valence-corrected chi connectivity index (χ0v) is 32.6. The number of hydrogen-bond donors (Lipinski definition) is 0. The van der Waals surface area contributed by atoms with Gasteiger partial charge in [0.2, 0.25) is 5.91 Å². The van der Waals surface area contributed by atoms with Crippen molar-refractivity contribution in [2.45, 2.75) is 116 Å². The molecule has 2 heterocycles. The Bertz CT molecular complexity index is 1310. The topological polar surface area (TPSA) is 94.6 Å². The van der Waals surface area contributed by atoms with E-state index in [-0.39, 0.29) is 28.6 Å². The molecular formula is C31H55ClN2O7SSi2. The first kappa shape index (κ1) is 37.5. The monoisotopic (exact) mass is 690 g/mol. The highest BCUT2D eigenvalue weighted by Crippen LogP contribution is 2.46. The van der Waals surface area contributed by atoms with Gasteiger partial charge in [0, 0.05) is 30.2 Å². The summed E-state index contributed by atoms with van der Waals surface area (Å²) in [5.74, 6) is 0.432. The van der Waals surface area contributed by atoms with E-state index < -0.39 is 44.5 Å². The van der Waals surface area contributed by atoms with Crippen molar-refractivity contribution in [2.24, 2.45) is 0 Å². The fraction of sp³-hybridized carbons (Fsp3) is 0.774. The van der Waals surface area contributed by atoms with Crippen LogP contribution in [0.1, 0.15) is 67.0 Å². The Morgan fingerprint density at radius 2 is 1.64 bits per heavy atom. The fourth-order valence-corrected chi connectivity index (χ4v) is 8.38. The van der Waals surface area contributed by atoms with Gasteiger partial charge in [-0.25, -0.2) is 0 Å². The van der Waals surface area contributed by atoms with E-state index >= 15 is 0 Å². The average Bonchev–Trinajstić information content (AvgIpc) is 2.82. The van der Waals surface area contributed by atoms with Crippen molar-refractivity contribution in [3.63, 3.8) is 0 Å². The number of carbonyl (C=O) groups excluding carboxylic acids is 1. The minimum absolute atomic E-state index is 0.0237. The van der Waals surface area contributed by atoms with Gasteiger partial charge in [0.05, 0.1) is 31.6 Å². The van der Waals surface area contributed by atoms with Crippen molar-refractivity contribution >= 4 is 44.3 Å². The molecule has 0 aromatic heterocycles. The molecule has 13 heteroatoms. The predicted molar refractivity (Wildman–Crippen MR) is 182 cm³/mol. The normalized spacial score (nSPS) is 22.9. The van der Waals surface area contributed by atoms with E-state index in [4.69, 9.17) is 29.4 Å². The van der Waals surface area contributed by atoms with Gasteiger partial charge >= 0.3 is 0 Å². The van der Waals surface area contributed by atoms with Gasteiger partial charge in [-0.3, -0.25) is 13.9 Å².